The van der Waals surface area contributed by atoms with Crippen molar-refractivity contribution in [1.29, 1.82) is 0 Å². The zero-order valence-electron chi connectivity index (χ0n) is 14.4. The lowest BCUT2D eigenvalue weighted by atomic mass is 10.2. The number of nitrogens with zero attached hydrogens (tertiary/aromatic N) is 5. The Balaban J connectivity index is 1.67. The van der Waals surface area contributed by atoms with Crippen LogP contribution in [0, 0.1) is 13.8 Å². The molecule has 0 saturated carbocycles. The average Bonchev–Trinajstić information content (AvgIpc) is 3.22. The van der Waals surface area contributed by atoms with Crippen molar-refractivity contribution in [2.75, 3.05) is 19.0 Å². The summed E-state index contributed by atoms with van der Waals surface area (Å²) in [5, 5.41) is 10.6. The van der Waals surface area contributed by atoms with E-state index in [1.54, 1.807) is 24.3 Å². The number of ether oxygens (including phenoxy) is 1. The topological polar surface area (TPSA) is 86.9 Å². The summed E-state index contributed by atoms with van der Waals surface area (Å²) in [4.78, 5) is 16.5. The fourth-order valence-corrected chi connectivity index (χ4v) is 2.36. The minimum atomic E-state index is -0.300. The first kappa shape index (κ1) is 16.8. The summed E-state index contributed by atoms with van der Waals surface area (Å²) in [6.07, 6.45) is 3.39. The fraction of sp³-hybridized carbons (Fsp3) is 0.294. The van der Waals surface area contributed by atoms with Crippen molar-refractivity contribution >= 4 is 11.6 Å². The van der Waals surface area contributed by atoms with Crippen LogP contribution in [0.3, 0.4) is 0 Å². The molecule has 0 radical (unpaired) electrons. The number of aromatic nitrogens is 5. The van der Waals surface area contributed by atoms with Crippen molar-refractivity contribution in [3.63, 3.8) is 0 Å². The number of nitrogens with one attached hydrogen (secondary N) is 1. The van der Waals surface area contributed by atoms with E-state index in [1.807, 2.05) is 42.7 Å². The van der Waals surface area contributed by atoms with Crippen LogP contribution < -0.4 is 5.32 Å². The number of hydrogen-bond donors (Lipinski definition) is 1. The van der Waals surface area contributed by atoms with Crippen LogP contribution >= 0.6 is 0 Å². The van der Waals surface area contributed by atoms with Crippen molar-refractivity contribution in [2.24, 2.45) is 0 Å². The zero-order chi connectivity index (χ0) is 17.8. The molecular formula is C17H20N6O2. The number of rotatable bonds is 6. The molecule has 0 unspecified atom stereocenters. The number of benzene rings is 1. The van der Waals surface area contributed by atoms with Crippen molar-refractivity contribution in [3.8, 4) is 5.69 Å². The largest absolute Gasteiger partial charge is 0.383 e. The average molecular weight is 340 g/mol. The molecule has 0 saturated heterocycles. The third-order valence-corrected chi connectivity index (χ3v) is 3.95. The smallest absolute Gasteiger partial charge is 0.277 e. The number of imidazole rings is 1. The van der Waals surface area contributed by atoms with Gasteiger partial charge in [-0.15, -0.1) is 5.10 Å². The Labute approximate surface area is 145 Å². The summed E-state index contributed by atoms with van der Waals surface area (Å²) in [6.45, 7) is 5.05. The van der Waals surface area contributed by atoms with Gasteiger partial charge < -0.3 is 14.6 Å². The molecule has 25 heavy (non-hydrogen) atoms. The molecule has 1 aromatic carbocycles. The van der Waals surface area contributed by atoms with Crippen LogP contribution in [0.25, 0.3) is 5.69 Å². The molecule has 1 amide bonds. The monoisotopic (exact) mass is 340 g/mol. The molecular weight excluding hydrogens is 320 g/mol. The van der Waals surface area contributed by atoms with Crippen molar-refractivity contribution in [1.82, 2.24) is 24.5 Å². The molecule has 2 aromatic heterocycles. The quantitative estimate of drug-likeness (QED) is 0.741. The highest BCUT2D eigenvalue weighted by Crippen LogP contribution is 2.17. The Hall–Kier alpha value is -3.00. The van der Waals surface area contributed by atoms with Crippen LogP contribution in [-0.4, -0.2) is 44.2 Å². The Morgan fingerprint density at radius 1 is 1.24 bits per heavy atom. The maximum absolute atomic E-state index is 12.2. The standard InChI is InChI=1S/C17H20N6O2/c1-12-13(2)23(11-18-12)15-6-4-14(5-7-15)19-17(24)16-10-22(21-20-16)8-9-25-3/h4-7,10-11H,8-9H2,1-3H3,(H,19,24). The summed E-state index contributed by atoms with van der Waals surface area (Å²) in [5.74, 6) is -0.300. The molecule has 8 nitrogen and oxygen atoms in total. The molecule has 0 aliphatic carbocycles. The molecule has 2 heterocycles. The first-order chi connectivity index (χ1) is 12.1. The van der Waals surface area contributed by atoms with E-state index >= 15 is 0 Å². The van der Waals surface area contributed by atoms with Gasteiger partial charge >= 0.3 is 0 Å². The fourth-order valence-electron chi connectivity index (χ4n) is 2.36. The Bertz CT molecular complexity index is 866. The molecule has 3 rings (SSSR count). The van der Waals surface area contributed by atoms with E-state index in [0.717, 1.165) is 17.1 Å². The van der Waals surface area contributed by atoms with Crippen LogP contribution in [0.4, 0.5) is 5.69 Å². The van der Waals surface area contributed by atoms with Gasteiger partial charge in [-0.3, -0.25) is 4.79 Å². The van der Waals surface area contributed by atoms with E-state index in [9.17, 15) is 4.79 Å². The van der Waals surface area contributed by atoms with Gasteiger partial charge in [0.25, 0.3) is 5.91 Å². The summed E-state index contributed by atoms with van der Waals surface area (Å²) < 4.78 is 8.55. The number of methoxy groups -OCH3 is 1. The number of anilines is 1. The van der Waals surface area contributed by atoms with Crippen LogP contribution in [0.15, 0.2) is 36.8 Å². The first-order valence-electron chi connectivity index (χ1n) is 7.90. The predicted molar refractivity (Wildman–Crippen MR) is 92.9 cm³/mol. The second-order valence-corrected chi connectivity index (χ2v) is 5.65. The number of carbonyl (C=O) groups is 1. The van der Waals surface area contributed by atoms with Crippen LogP contribution in [-0.2, 0) is 11.3 Å². The normalized spacial score (nSPS) is 10.8. The third-order valence-electron chi connectivity index (χ3n) is 3.95. The molecule has 0 atom stereocenters. The van der Waals surface area contributed by atoms with E-state index in [2.05, 4.69) is 20.6 Å². The third kappa shape index (κ3) is 3.74. The lowest BCUT2D eigenvalue weighted by molar-refractivity contribution is 0.102. The number of amides is 1. The predicted octanol–water partition coefficient (Wildman–Crippen LogP) is 1.98. The molecule has 0 spiro atoms. The molecule has 3 aromatic rings. The van der Waals surface area contributed by atoms with E-state index in [1.165, 1.54) is 0 Å². The number of aryl methyl sites for hydroxylation is 1. The lowest BCUT2D eigenvalue weighted by Crippen LogP contribution is -2.12. The zero-order valence-corrected chi connectivity index (χ0v) is 14.4. The van der Waals surface area contributed by atoms with E-state index < -0.39 is 0 Å². The van der Waals surface area contributed by atoms with Crippen molar-refractivity contribution < 1.29 is 9.53 Å². The van der Waals surface area contributed by atoms with Gasteiger partial charge in [0.15, 0.2) is 5.69 Å². The molecule has 8 heteroatoms. The van der Waals surface area contributed by atoms with E-state index in [0.29, 0.717) is 18.8 Å². The van der Waals surface area contributed by atoms with Crippen molar-refractivity contribution in [3.05, 3.63) is 53.9 Å². The van der Waals surface area contributed by atoms with E-state index in [4.69, 9.17) is 4.74 Å². The highest BCUT2D eigenvalue weighted by atomic mass is 16.5. The number of hydrogen-bond acceptors (Lipinski definition) is 5. The maximum Gasteiger partial charge on any atom is 0.277 e. The molecule has 0 aliphatic rings. The summed E-state index contributed by atoms with van der Waals surface area (Å²) in [5.41, 5.74) is 4.02. The molecule has 0 fully saturated rings. The molecule has 0 aliphatic heterocycles. The minimum Gasteiger partial charge on any atom is -0.383 e. The van der Waals surface area contributed by atoms with Crippen LogP contribution in [0.5, 0.6) is 0 Å². The summed E-state index contributed by atoms with van der Waals surface area (Å²) >= 11 is 0. The van der Waals surface area contributed by atoms with Gasteiger partial charge in [0.2, 0.25) is 0 Å². The van der Waals surface area contributed by atoms with Crippen LogP contribution in [0.2, 0.25) is 0 Å². The van der Waals surface area contributed by atoms with E-state index in [-0.39, 0.29) is 11.6 Å². The highest BCUT2D eigenvalue weighted by molar-refractivity contribution is 6.02. The van der Waals surface area contributed by atoms with Gasteiger partial charge in [-0.25, -0.2) is 9.67 Å². The molecule has 130 valence electrons. The SMILES string of the molecule is COCCn1cc(C(=O)Nc2ccc(-n3cnc(C)c3C)cc2)nn1. The maximum atomic E-state index is 12.2. The Morgan fingerprint density at radius 3 is 2.64 bits per heavy atom. The minimum absolute atomic E-state index is 0.265. The lowest BCUT2D eigenvalue weighted by Gasteiger charge is -2.07. The summed E-state index contributed by atoms with van der Waals surface area (Å²) in [6, 6.07) is 7.55. The van der Waals surface area contributed by atoms with Gasteiger partial charge in [-0.05, 0) is 38.1 Å². The molecule has 1 N–H and O–H groups in total. The van der Waals surface area contributed by atoms with Gasteiger partial charge in [0.1, 0.15) is 0 Å². The van der Waals surface area contributed by atoms with Gasteiger partial charge in [0.05, 0.1) is 31.4 Å². The number of carbonyl (C=O) groups excluding carboxylic acids is 1. The first-order valence-corrected chi connectivity index (χ1v) is 7.90. The molecule has 0 bridgehead atoms. The highest BCUT2D eigenvalue weighted by Gasteiger charge is 2.11. The summed E-state index contributed by atoms with van der Waals surface area (Å²) in [7, 11) is 1.61. The second-order valence-electron chi connectivity index (χ2n) is 5.65. The van der Waals surface area contributed by atoms with Gasteiger partial charge in [-0.1, -0.05) is 5.21 Å². The van der Waals surface area contributed by atoms with Gasteiger partial charge in [-0.2, -0.15) is 0 Å². The second kappa shape index (κ2) is 7.27. The Kier molecular flexibility index (Phi) is 4.90. The van der Waals surface area contributed by atoms with Crippen molar-refractivity contribution in [2.45, 2.75) is 20.4 Å². The Morgan fingerprint density at radius 2 is 2.00 bits per heavy atom. The van der Waals surface area contributed by atoms with Gasteiger partial charge in [0, 0.05) is 24.2 Å². The van der Waals surface area contributed by atoms with Crippen LogP contribution in [0.1, 0.15) is 21.9 Å².